The number of hydrogen-bond donors (Lipinski definition) is 1. The molecule has 0 spiro atoms. The van der Waals surface area contributed by atoms with E-state index in [2.05, 4.69) is 5.16 Å². The molecule has 1 N–H and O–H groups in total. The number of oxime groups is 1. The van der Waals surface area contributed by atoms with Crippen LogP contribution in [0.15, 0.2) is 76.3 Å². The first-order valence-electron chi connectivity index (χ1n) is 7.75. The Morgan fingerprint density at radius 3 is 2.52 bits per heavy atom. The zero-order valence-corrected chi connectivity index (χ0v) is 13.1. The number of fused-ring (bicyclic) bond motifs is 3. The monoisotopic (exact) mass is 335 g/mol. The molecule has 25 heavy (non-hydrogen) atoms. The molecule has 0 aliphatic heterocycles. The first-order valence-corrected chi connectivity index (χ1v) is 7.75. The highest BCUT2D eigenvalue weighted by Crippen LogP contribution is 2.31. The summed E-state index contributed by atoms with van der Waals surface area (Å²) in [5.41, 5.74) is 2.51. The first-order chi connectivity index (χ1) is 12.2. The third kappa shape index (κ3) is 2.92. The maximum Gasteiger partial charge on any atom is 0.135 e. The minimum absolute atomic E-state index is 0.0590. The summed E-state index contributed by atoms with van der Waals surface area (Å²) >= 11 is 0. The third-order valence-electron chi connectivity index (χ3n) is 4.02. The number of furan rings is 1. The number of hydrogen-bond acceptors (Lipinski definition) is 4. The summed E-state index contributed by atoms with van der Waals surface area (Å²) in [6, 6.07) is 19.0. The van der Waals surface area contributed by atoms with E-state index in [-0.39, 0.29) is 12.4 Å². The largest absolute Gasteiger partial charge is 0.487 e. The Kier molecular flexibility index (Phi) is 3.82. The Balaban J connectivity index is 1.59. The van der Waals surface area contributed by atoms with E-state index >= 15 is 0 Å². The fraction of sp³-hybridized carbons (Fsp3) is 0.0500. The maximum atomic E-state index is 13.0. The van der Waals surface area contributed by atoms with Crippen LogP contribution in [-0.4, -0.2) is 17.5 Å². The molecule has 0 aliphatic carbocycles. The molecule has 0 saturated heterocycles. The number of rotatable bonds is 4. The molecule has 0 radical (unpaired) electrons. The van der Waals surface area contributed by atoms with E-state index in [0.29, 0.717) is 17.0 Å². The molecule has 4 nitrogen and oxygen atoms in total. The van der Waals surface area contributed by atoms with Crippen molar-refractivity contribution in [1.29, 1.82) is 0 Å². The quantitative estimate of drug-likeness (QED) is 0.325. The Hall–Kier alpha value is -3.34. The van der Waals surface area contributed by atoms with Gasteiger partial charge in [-0.05, 0) is 48.5 Å². The summed E-state index contributed by atoms with van der Waals surface area (Å²) in [5.74, 6) is 0.279. The van der Waals surface area contributed by atoms with E-state index in [9.17, 15) is 9.60 Å². The van der Waals surface area contributed by atoms with Crippen LogP contribution in [0.1, 0.15) is 5.56 Å². The SMILES string of the molecule is O/N=C(/COc1ccc2oc3ccccc3c2c1)c1ccc(F)cc1. The Labute approximate surface area is 142 Å². The fourth-order valence-corrected chi connectivity index (χ4v) is 2.76. The van der Waals surface area contributed by atoms with Gasteiger partial charge < -0.3 is 14.4 Å². The lowest BCUT2D eigenvalue weighted by Gasteiger charge is -2.08. The molecule has 0 aliphatic rings. The molecule has 0 saturated carbocycles. The molecule has 1 aromatic heterocycles. The molecular weight excluding hydrogens is 321 g/mol. The number of benzene rings is 3. The summed E-state index contributed by atoms with van der Waals surface area (Å²) in [4.78, 5) is 0. The standard InChI is InChI=1S/C20H14FNO3/c21-14-7-5-13(6-8-14)18(22-23)12-24-15-9-10-20-17(11-15)16-3-1-2-4-19(16)25-20/h1-11,23H,12H2/b22-18-. The van der Waals surface area contributed by atoms with Crippen LogP contribution in [0.4, 0.5) is 4.39 Å². The second-order valence-corrected chi connectivity index (χ2v) is 5.60. The van der Waals surface area contributed by atoms with Crippen molar-refractivity contribution in [3.8, 4) is 5.75 Å². The van der Waals surface area contributed by atoms with E-state index in [4.69, 9.17) is 9.15 Å². The van der Waals surface area contributed by atoms with Crippen LogP contribution < -0.4 is 4.74 Å². The van der Waals surface area contributed by atoms with Gasteiger partial charge in [-0.15, -0.1) is 0 Å². The predicted octanol–water partition coefficient (Wildman–Crippen LogP) is 4.98. The molecule has 4 rings (SSSR count). The van der Waals surface area contributed by atoms with Gasteiger partial charge in [0.2, 0.25) is 0 Å². The topological polar surface area (TPSA) is 55.0 Å². The Morgan fingerprint density at radius 1 is 0.960 bits per heavy atom. The van der Waals surface area contributed by atoms with Gasteiger partial charge in [0.1, 0.15) is 35.1 Å². The summed E-state index contributed by atoms with van der Waals surface area (Å²) in [6.07, 6.45) is 0. The smallest absolute Gasteiger partial charge is 0.135 e. The minimum atomic E-state index is -0.348. The van der Waals surface area contributed by atoms with Crippen LogP contribution in [0, 0.1) is 5.82 Å². The molecule has 5 heteroatoms. The second kappa shape index (κ2) is 6.28. The highest BCUT2D eigenvalue weighted by atomic mass is 19.1. The van der Waals surface area contributed by atoms with Crippen LogP contribution in [0.2, 0.25) is 0 Å². The first kappa shape index (κ1) is 15.2. The maximum absolute atomic E-state index is 13.0. The van der Waals surface area contributed by atoms with Crippen LogP contribution in [-0.2, 0) is 0 Å². The molecule has 0 atom stereocenters. The van der Waals surface area contributed by atoms with Crippen LogP contribution in [0.3, 0.4) is 0 Å². The van der Waals surface area contributed by atoms with Crippen LogP contribution in [0.5, 0.6) is 5.75 Å². The van der Waals surface area contributed by atoms with Crippen molar-refractivity contribution in [2.45, 2.75) is 0 Å². The Morgan fingerprint density at radius 2 is 1.72 bits per heavy atom. The van der Waals surface area contributed by atoms with E-state index in [1.54, 1.807) is 18.2 Å². The van der Waals surface area contributed by atoms with Crippen molar-refractivity contribution >= 4 is 27.7 Å². The van der Waals surface area contributed by atoms with E-state index in [1.165, 1.54) is 12.1 Å². The van der Waals surface area contributed by atoms with E-state index in [1.807, 2.05) is 36.4 Å². The lowest BCUT2D eigenvalue weighted by atomic mass is 10.1. The lowest BCUT2D eigenvalue weighted by Crippen LogP contribution is -2.13. The van der Waals surface area contributed by atoms with Gasteiger partial charge in [-0.25, -0.2) is 4.39 Å². The van der Waals surface area contributed by atoms with Gasteiger partial charge in [0.15, 0.2) is 0 Å². The molecule has 4 aromatic rings. The van der Waals surface area contributed by atoms with Gasteiger partial charge in [0.25, 0.3) is 0 Å². The minimum Gasteiger partial charge on any atom is -0.487 e. The molecule has 0 unspecified atom stereocenters. The zero-order chi connectivity index (χ0) is 17.2. The molecule has 124 valence electrons. The average molecular weight is 335 g/mol. The number of nitrogens with zero attached hydrogens (tertiary/aromatic N) is 1. The van der Waals surface area contributed by atoms with Crippen LogP contribution >= 0.6 is 0 Å². The molecular formula is C20H14FNO3. The van der Waals surface area contributed by atoms with Gasteiger partial charge in [0.05, 0.1) is 0 Å². The van der Waals surface area contributed by atoms with Crippen LogP contribution in [0.25, 0.3) is 21.9 Å². The fourth-order valence-electron chi connectivity index (χ4n) is 2.76. The second-order valence-electron chi connectivity index (χ2n) is 5.60. The van der Waals surface area contributed by atoms with Gasteiger partial charge in [-0.1, -0.05) is 23.4 Å². The summed E-state index contributed by atoms with van der Waals surface area (Å²) in [5, 5.41) is 14.4. The Bertz CT molecular complexity index is 1070. The lowest BCUT2D eigenvalue weighted by molar-refractivity contribution is 0.308. The normalized spacial score (nSPS) is 12.0. The number of para-hydroxylation sites is 1. The van der Waals surface area contributed by atoms with Crippen molar-refractivity contribution in [2.24, 2.45) is 5.16 Å². The van der Waals surface area contributed by atoms with Gasteiger partial charge in [-0.2, -0.15) is 0 Å². The van der Waals surface area contributed by atoms with Crippen molar-refractivity contribution in [2.75, 3.05) is 6.61 Å². The predicted molar refractivity (Wildman–Crippen MR) is 93.9 cm³/mol. The van der Waals surface area contributed by atoms with Crippen molar-refractivity contribution in [3.05, 3.63) is 78.1 Å². The van der Waals surface area contributed by atoms with E-state index < -0.39 is 0 Å². The highest BCUT2D eigenvalue weighted by molar-refractivity contribution is 6.05. The summed E-state index contributed by atoms with van der Waals surface area (Å²) in [7, 11) is 0. The molecule has 0 amide bonds. The molecule has 0 bridgehead atoms. The average Bonchev–Trinajstić information content (AvgIpc) is 3.01. The molecule has 1 heterocycles. The number of halogens is 1. The summed E-state index contributed by atoms with van der Waals surface area (Å²) in [6.45, 7) is 0.0590. The highest BCUT2D eigenvalue weighted by Gasteiger charge is 2.09. The van der Waals surface area contributed by atoms with E-state index in [0.717, 1.165) is 21.9 Å². The zero-order valence-electron chi connectivity index (χ0n) is 13.1. The van der Waals surface area contributed by atoms with Gasteiger partial charge >= 0.3 is 0 Å². The van der Waals surface area contributed by atoms with Crippen molar-refractivity contribution in [3.63, 3.8) is 0 Å². The molecule has 3 aromatic carbocycles. The number of ether oxygens (including phenoxy) is 1. The molecule has 0 fully saturated rings. The van der Waals surface area contributed by atoms with Gasteiger partial charge in [0, 0.05) is 16.3 Å². The van der Waals surface area contributed by atoms with Gasteiger partial charge in [-0.3, -0.25) is 0 Å². The van der Waals surface area contributed by atoms with Crippen molar-refractivity contribution in [1.82, 2.24) is 0 Å². The van der Waals surface area contributed by atoms with Crippen molar-refractivity contribution < 1.29 is 18.8 Å². The third-order valence-corrected chi connectivity index (χ3v) is 4.02. The summed E-state index contributed by atoms with van der Waals surface area (Å²) < 4.78 is 24.5.